The molecule has 0 aliphatic rings. The maximum absolute atomic E-state index is 13.9. The number of hydrogen-bond donors (Lipinski definition) is 0. The van der Waals surface area contributed by atoms with Crippen molar-refractivity contribution in [1.29, 1.82) is 0 Å². The minimum Gasteiger partial charge on any atom is -0.341 e. The molecule has 4 aromatic rings. The summed E-state index contributed by atoms with van der Waals surface area (Å²) in [6, 6.07) is 13.9. The summed E-state index contributed by atoms with van der Waals surface area (Å²) in [5, 5.41) is -0.0338. The molecule has 4 rings (SSSR count). The van der Waals surface area contributed by atoms with Gasteiger partial charge >= 0.3 is 0 Å². The highest BCUT2D eigenvalue weighted by atomic mass is 32.2. The molecule has 0 bridgehead atoms. The van der Waals surface area contributed by atoms with Gasteiger partial charge in [-0.2, -0.15) is 0 Å². The normalized spacial score (nSPS) is 11.7. The summed E-state index contributed by atoms with van der Waals surface area (Å²) in [6.07, 6.45) is 1.28. The number of halogens is 2. The number of aryl methyl sites for hydroxylation is 2. The number of pyridine rings is 1. The van der Waals surface area contributed by atoms with Crippen LogP contribution in [0.15, 0.2) is 81.4 Å². The number of benzene rings is 3. The van der Waals surface area contributed by atoms with Gasteiger partial charge in [0.2, 0.25) is 15.3 Å². The third-order valence-corrected chi connectivity index (χ3v) is 7.03. The van der Waals surface area contributed by atoms with Gasteiger partial charge in [0, 0.05) is 18.1 Å². The molecular weight excluding hydrogens is 420 g/mol. The predicted molar refractivity (Wildman–Crippen MR) is 115 cm³/mol. The molecule has 0 amide bonds. The van der Waals surface area contributed by atoms with E-state index >= 15 is 0 Å². The quantitative estimate of drug-likeness (QED) is 0.430. The topological polar surface area (TPSA) is 56.1 Å². The van der Waals surface area contributed by atoms with Crippen molar-refractivity contribution < 1.29 is 17.2 Å². The Kier molecular flexibility index (Phi) is 5.23. The SMILES string of the molecule is Cc1ccc(C)c(Cn2cc(S(=O)(=O)c3ccc(F)cc3)c(=O)c3cc(F)ccc32)c1. The lowest BCUT2D eigenvalue weighted by Crippen LogP contribution is -2.20. The number of fused-ring (bicyclic) bond motifs is 1. The van der Waals surface area contributed by atoms with E-state index in [2.05, 4.69) is 0 Å². The van der Waals surface area contributed by atoms with Gasteiger partial charge in [-0.25, -0.2) is 17.2 Å². The van der Waals surface area contributed by atoms with E-state index in [1.165, 1.54) is 18.3 Å². The fourth-order valence-corrected chi connectivity index (χ4v) is 4.93. The molecule has 1 aromatic heterocycles. The second-order valence-electron chi connectivity index (χ2n) is 7.50. The molecule has 0 saturated heterocycles. The lowest BCUT2D eigenvalue weighted by Gasteiger charge is -2.16. The Bertz CT molecular complexity index is 1470. The van der Waals surface area contributed by atoms with Crippen LogP contribution in [0, 0.1) is 25.5 Å². The van der Waals surface area contributed by atoms with Crippen molar-refractivity contribution in [1.82, 2.24) is 4.57 Å². The van der Waals surface area contributed by atoms with E-state index in [1.54, 1.807) is 4.57 Å². The molecule has 0 spiro atoms. The minimum atomic E-state index is -4.25. The molecule has 0 aliphatic heterocycles. The van der Waals surface area contributed by atoms with Crippen LogP contribution in [0.2, 0.25) is 0 Å². The van der Waals surface area contributed by atoms with Crippen molar-refractivity contribution in [2.75, 3.05) is 0 Å². The average molecular weight is 439 g/mol. The van der Waals surface area contributed by atoms with Gasteiger partial charge in [-0.3, -0.25) is 4.79 Å². The molecular formula is C24H19F2NO3S. The largest absolute Gasteiger partial charge is 0.341 e. The highest BCUT2D eigenvalue weighted by molar-refractivity contribution is 7.91. The van der Waals surface area contributed by atoms with Crippen LogP contribution in [0.3, 0.4) is 0 Å². The smallest absolute Gasteiger partial charge is 0.211 e. The summed E-state index contributed by atoms with van der Waals surface area (Å²) in [7, 11) is -4.25. The second kappa shape index (κ2) is 7.74. The first-order valence-corrected chi connectivity index (χ1v) is 11.0. The van der Waals surface area contributed by atoms with E-state index in [4.69, 9.17) is 0 Å². The van der Waals surface area contributed by atoms with Crippen LogP contribution < -0.4 is 5.43 Å². The average Bonchev–Trinajstić information content (AvgIpc) is 2.73. The molecule has 4 nitrogen and oxygen atoms in total. The molecule has 0 radical (unpaired) electrons. The second-order valence-corrected chi connectivity index (χ2v) is 9.42. The van der Waals surface area contributed by atoms with E-state index in [0.717, 1.165) is 47.0 Å². The summed E-state index contributed by atoms with van der Waals surface area (Å²) >= 11 is 0. The first kappa shape index (κ1) is 20.9. The number of aromatic nitrogens is 1. The molecule has 0 saturated carbocycles. The lowest BCUT2D eigenvalue weighted by molar-refractivity contribution is 0.592. The maximum Gasteiger partial charge on any atom is 0.211 e. The number of sulfone groups is 1. The van der Waals surface area contributed by atoms with Gasteiger partial charge in [-0.15, -0.1) is 0 Å². The van der Waals surface area contributed by atoms with Gasteiger partial charge in [-0.1, -0.05) is 23.8 Å². The van der Waals surface area contributed by atoms with E-state index in [-0.39, 0.29) is 10.3 Å². The Morgan fingerprint density at radius 3 is 2.26 bits per heavy atom. The highest BCUT2D eigenvalue weighted by Gasteiger charge is 2.24. The Hall–Kier alpha value is -3.32. The maximum atomic E-state index is 13.9. The molecule has 3 aromatic carbocycles. The monoisotopic (exact) mass is 439 g/mol. The fraction of sp³-hybridized carbons (Fsp3) is 0.125. The Labute approximate surface area is 178 Å². The van der Waals surface area contributed by atoms with Crippen molar-refractivity contribution in [3.05, 3.63) is 105 Å². The van der Waals surface area contributed by atoms with Crippen LogP contribution in [-0.4, -0.2) is 13.0 Å². The van der Waals surface area contributed by atoms with Crippen LogP contribution in [-0.2, 0) is 16.4 Å². The van der Waals surface area contributed by atoms with E-state index in [9.17, 15) is 22.0 Å². The summed E-state index contributed by atoms with van der Waals surface area (Å²) in [6.45, 7) is 4.18. The van der Waals surface area contributed by atoms with Crippen LogP contribution in [0.1, 0.15) is 16.7 Å². The third kappa shape index (κ3) is 3.88. The van der Waals surface area contributed by atoms with Crippen molar-refractivity contribution in [2.24, 2.45) is 0 Å². The Morgan fingerprint density at radius 2 is 1.55 bits per heavy atom. The molecule has 0 unspecified atom stereocenters. The Balaban J connectivity index is 1.99. The van der Waals surface area contributed by atoms with Gasteiger partial charge in [0.05, 0.1) is 10.4 Å². The minimum absolute atomic E-state index is 0.0338. The molecule has 0 atom stereocenters. The third-order valence-electron chi connectivity index (χ3n) is 5.27. The van der Waals surface area contributed by atoms with Crippen LogP contribution in [0.25, 0.3) is 10.9 Å². The Morgan fingerprint density at radius 1 is 0.871 bits per heavy atom. The summed E-state index contributed by atoms with van der Waals surface area (Å²) in [5.74, 6) is -1.23. The number of hydrogen-bond acceptors (Lipinski definition) is 3. The van der Waals surface area contributed by atoms with E-state index < -0.39 is 31.8 Å². The summed E-state index contributed by atoms with van der Waals surface area (Å²) in [5.41, 5.74) is 2.61. The van der Waals surface area contributed by atoms with Gasteiger partial charge in [0.15, 0.2) is 0 Å². The van der Waals surface area contributed by atoms with Gasteiger partial charge in [0.25, 0.3) is 0 Å². The van der Waals surface area contributed by atoms with Crippen LogP contribution in [0.4, 0.5) is 8.78 Å². The molecule has 0 N–H and O–H groups in total. The van der Waals surface area contributed by atoms with Crippen molar-refractivity contribution in [3.8, 4) is 0 Å². The van der Waals surface area contributed by atoms with Crippen molar-refractivity contribution >= 4 is 20.7 Å². The molecule has 7 heteroatoms. The molecule has 1 heterocycles. The van der Waals surface area contributed by atoms with Crippen LogP contribution >= 0.6 is 0 Å². The van der Waals surface area contributed by atoms with Gasteiger partial charge in [0.1, 0.15) is 16.5 Å². The van der Waals surface area contributed by atoms with E-state index in [1.807, 2.05) is 32.0 Å². The first-order valence-electron chi connectivity index (χ1n) is 9.56. The van der Waals surface area contributed by atoms with E-state index in [0.29, 0.717) is 12.1 Å². The standard InChI is InChI=1S/C24H19F2NO3S/c1-15-3-4-16(2)17(11-15)13-27-14-23(24(28)21-12-19(26)7-10-22(21)27)31(29,30)20-8-5-18(25)6-9-20/h3-12,14H,13H2,1-2H3. The summed E-state index contributed by atoms with van der Waals surface area (Å²) < 4.78 is 55.2. The lowest BCUT2D eigenvalue weighted by atomic mass is 10.1. The van der Waals surface area contributed by atoms with Crippen LogP contribution in [0.5, 0.6) is 0 Å². The zero-order valence-electron chi connectivity index (χ0n) is 16.9. The zero-order valence-corrected chi connectivity index (χ0v) is 17.7. The molecule has 158 valence electrons. The molecule has 0 fully saturated rings. The number of nitrogens with zero attached hydrogens (tertiary/aromatic N) is 1. The van der Waals surface area contributed by atoms with Gasteiger partial charge < -0.3 is 4.57 Å². The predicted octanol–water partition coefficient (Wildman–Crippen LogP) is 4.78. The van der Waals surface area contributed by atoms with Gasteiger partial charge in [-0.05, 0) is 67.4 Å². The fourth-order valence-electron chi connectivity index (χ4n) is 3.56. The van der Waals surface area contributed by atoms with Crippen molar-refractivity contribution in [2.45, 2.75) is 30.2 Å². The highest BCUT2D eigenvalue weighted by Crippen LogP contribution is 2.23. The summed E-state index contributed by atoms with van der Waals surface area (Å²) in [4.78, 5) is 12.4. The molecule has 0 aliphatic carbocycles. The molecule has 31 heavy (non-hydrogen) atoms. The van der Waals surface area contributed by atoms with Crippen molar-refractivity contribution in [3.63, 3.8) is 0 Å². The zero-order chi connectivity index (χ0) is 22.3. The number of rotatable bonds is 4. The first-order chi connectivity index (χ1) is 14.7.